The number of quaternary nitrogens is 1. The molecule has 3 heterocycles. The number of pyridine rings is 1. The Bertz CT molecular complexity index is 805. The van der Waals surface area contributed by atoms with Crippen molar-refractivity contribution in [2.75, 3.05) is 13.1 Å². The first-order valence-corrected chi connectivity index (χ1v) is 8.83. The molecule has 2 unspecified atom stereocenters. The van der Waals surface area contributed by atoms with Crippen molar-refractivity contribution in [2.24, 2.45) is 5.92 Å². The van der Waals surface area contributed by atoms with Gasteiger partial charge in [0, 0.05) is 35.7 Å². The highest BCUT2D eigenvalue weighted by atomic mass is 35.5. The fourth-order valence-electron chi connectivity index (χ4n) is 4.20. The van der Waals surface area contributed by atoms with Crippen LogP contribution in [0.2, 0.25) is 10.0 Å². The number of likely N-dealkylation sites (tertiary alicyclic amines) is 1. The molecule has 128 valence electrons. The minimum atomic E-state index is 0. The van der Waals surface area contributed by atoms with Gasteiger partial charge < -0.3 is 21.9 Å². The third-order valence-corrected chi connectivity index (χ3v) is 5.85. The topological polar surface area (TPSA) is 26.4 Å². The summed E-state index contributed by atoms with van der Waals surface area (Å²) in [6.45, 7) is 4.00. The maximum Gasteiger partial charge on any atom is 0.250 e. The smallest absolute Gasteiger partial charge is 0.250 e. The lowest BCUT2D eigenvalue weighted by atomic mass is 9.83. The van der Waals surface area contributed by atoms with Crippen LogP contribution in [-0.2, 0) is 13.1 Å². The number of hydrogen-bond donors (Lipinski definition) is 1. The van der Waals surface area contributed by atoms with Gasteiger partial charge in [-0.05, 0) is 24.6 Å². The Kier molecular flexibility index (Phi) is 5.26. The van der Waals surface area contributed by atoms with E-state index in [4.69, 9.17) is 23.2 Å². The van der Waals surface area contributed by atoms with Crippen LogP contribution < -0.4 is 22.9 Å². The summed E-state index contributed by atoms with van der Waals surface area (Å²) in [5.41, 5.74) is 2.57. The highest BCUT2D eigenvalue weighted by molar-refractivity contribution is 6.42. The Balaban J connectivity index is 0.00000169. The predicted octanol–water partition coefficient (Wildman–Crippen LogP) is -0.639. The van der Waals surface area contributed by atoms with Gasteiger partial charge in [0.1, 0.15) is 6.54 Å². The van der Waals surface area contributed by atoms with Gasteiger partial charge >= 0.3 is 0 Å². The number of halogens is 3. The van der Waals surface area contributed by atoms with E-state index in [1.165, 1.54) is 17.7 Å². The maximum absolute atomic E-state index is 12.1. The van der Waals surface area contributed by atoms with E-state index >= 15 is 0 Å². The summed E-state index contributed by atoms with van der Waals surface area (Å²) in [6.07, 6.45) is 1.20. The molecular weight excluding hydrogens is 367 g/mol. The average Bonchev–Trinajstić information content (AvgIpc) is 2.52. The predicted molar refractivity (Wildman–Crippen MR) is 92.4 cm³/mol. The number of nitrogens with zero attached hydrogens (tertiary/aromatic N) is 1. The van der Waals surface area contributed by atoms with Crippen molar-refractivity contribution in [3.05, 3.63) is 68.1 Å². The first kappa shape index (κ1) is 17.8. The SMILES string of the molecule is O=c1cccc2n1C[C@@H]1CC2C[NH+](Cc2ccc(Cl)c(Cl)c2)C1.[Cl-]. The second-order valence-corrected chi connectivity index (χ2v) is 7.60. The molecule has 2 aliphatic heterocycles. The fourth-order valence-corrected chi connectivity index (χ4v) is 4.52. The number of benzene rings is 1. The monoisotopic (exact) mass is 384 g/mol. The summed E-state index contributed by atoms with van der Waals surface area (Å²) < 4.78 is 1.98. The van der Waals surface area contributed by atoms with E-state index in [9.17, 15) is 4.79 Å². The second kappa shape index (κ2) is 7.09. The zero-order chi connectivity index (χ0) is 16.0. The van der Waals surface area contributed by atoms with Crippen molar-refractivity contribution in [3.8, 4) is 0 Å². The molecule has 1 aromatic heterocycles. The number of piperidine rings is 1. The Morgan fingerprint density at radius 1 is 1.12 bits per heavy atom. The summed E-state index contributed by atoms with van der Waals surface area (Å²) in [5, 5.41) is 1.23. The van der Waals surface area contributed by atoms with E-state index in [1.807, 2.05) is 22.8 Å². The van der Waals surface area contributed by atoms with E-state index in [1.54, 1.807) is 11.0 Å². The first-order chi connectivity index (χ1) is 11.1. The zero-order valence-electron chi connectivity index (χ0n) is 13.1. The number of nitrogens with one attached hydrogen (secondary N) is 1. The number of rotatable bonds is 2. The van der Waals surface area contributed by atoms with Gasteiger partial charge in [0.2, 0.25) is 0 Å². The molecule has 3 atom stereocenters. The minimum Gasteiger partial charge on any atom is -1.00 e. The molecule has 2 aliphatic rings. The van der Waals surface area contributed by atoms with Crippen LogP contribution in [0, 0.1) is 5.92 Å². The van der Waals surface area contributed by atoms with Gasteiger partial charge in [-0.25, -0.2) is 0 Å². The third kappa shape index (κ3) is 3.36. The van der Waals surface area contributed by atoms with Crippen LogP contribution in [0.1, 0.15) is 23.6 Å². The molecule has 0 saturated carbocycles. The molecule has 2 bridgehead atoms. The van der Waals surface area contributed by atoms with Crippen molar-refractivity contribution < 1.29 is 17.3 Å². The molecule has 0 amide bonds. The van der Waals surface area contributed by atoms with Crippen LogP contribution >= 0.6 is 23.2 Å². The lowest BCUT2D eigenvalue weighted by Gasteiger charge is -2.40. The molecule has 1 aromatic carbocycles. The van der Waals surface area contributed by atoms with Gasteiger partial charge in [-0.15, -0.1) is 0 Å². The Morgan fingerprint density at radius 3 is 2.75 bits per heavy atom. The van der Waals surface area contributed by atoms with Gasteiger partial charge in [0.15, 0.2) is 0 Å². The standard InChI is InChI=1S/C18H18Cl2N2O.ClH/c19-15-5-4-12(7-16(15)20)8-21-9-13-6-14(11-21)17-2-1-3-18(23)22(17)10-13;/h1-5,7,13-14H,6,8-11H2;1H/t13-,14?;/m1./s1. The van der Waals surface area contributed by atoms with Crippen LogP contribution in [-0.4, -0.2) is 17.7 Å². The molecule has 1 N–H and O–H groups in total. The molecule has 0 radical (unpaired) electrons. The Labute approximate surface area is 157 Å². The van der Waals surface area contributed by atoms with E-state index in [0.717, 1.165) is 26.2 Å². The first-order valence-electron chi connectivity index (χ1n) is 8.07. The van der Waals surface area contributed by atoms with Crippen LogP contribution in [0.5, 0.6) is 0 Å². The Hall–Kier alpha value is -1.000. The van der Waals surface area contributed by atoms with Gasteiger partial charge in [-0.2, -0.15) is 0 Å². The number of fused-ring (bicyclic) bond motifs is 4. The number of hydrogen-bond acceptors (Lipinski definition) is 1. The van der Waals surface area contributed by atoms with Crippen molar-refractivity contribution >= 4 is 23.2 Å². The van der Waals surface area contributed by atoms with Crippen LogP contribution in [0.25, 0.3) is 0 Å². The van der Waals surface area contributed by atoms with Gasteiger partial charge in [0.25, 0.3) is 5.56 Å². The molecule has 3 nitrogen and oxygen atoms in total. The van der Waals surface area contributed by atoms with Crippen LogP contribution in [0.15, 0.2) is 41.2 Å². The molecule has 4 rings (SSSR count). The van der Waals surface area contributed by atoms with Crippen molar-refractivity contribution in [2.45, 2.75) is 25.4 Å². The molecule has 2 aromatic rings. The van der Waals surface area contributed by atoms with Gasteiger partial charge in [0.05, 0.1) is 23.1 Å². The lowest BCUT2D eigenvalue weighted by Crippen LogP contribution is -3.13. The van der Waals surface area contributed by atoms with Crippen molar-refractivity contribution in [1.82, 2.24) is 4.57 Å². The lowest BCUT2D eigenvalue weighted by molar-refractivity contribution is -0.924. The molecule has 0 spiro atoms. The largest absolute Gasteiger partial charge is 1.00 e. The summed E-state index contributed by atoms with van der Waals surface area (Å²) in [5.74, 6) is 1.06. The van der Waals surface area contributed by atoms with Crippen LogP contribution in [0.4, 0.5) is 0 Å². The minimum absolute atomic E-state index is 0. The van der Waals surface area contributed by atoms with Gasteiger partial charge in [-0.3, -0.25) is 4.79 Å². The van der Waals surface area contributed by atoms with E-state index in [0.29, 0.717) is 21.9 Å². The summed E-state index contributed by atoms with van der Waals surface area (Å²) in [7, 11) is 0. The van der Waals surface area contributed by atoms with E-state index in [2.05, 4.69) is 12.1 Å². The summed E-state index contributed by atoms with van der Waals surface area (Å²) in [4.78, 5) is 13.6. The second-order valence-electron chi connectivity index (χ2n) is 6.78. The molecule has 6 heteroatoms. The molecule has 24 heavy (non-hydrogen) atoms. The number of aromatic nitrogens is 1. The summed E-state index contributed by atoms with van der Waals surface area (Å²) >= 11 is 12.1. The van der Waals surface area contributed by atoms with Crippen molar-refractivity contribution in [1.29, 1.82) is 0 Å². The van der Waals surface area contributed by atoms with Crippen molar-refractivity contribution in [3.63, 3.8) is 0 Å². The van der Waals surface area contributed by atoms with Gasteiger partial charge in [-0.1, -0.05) is 35.3 Å². The molecule has 1 saturated heterocycles. The summed E-state index contributed by atoms with van der Waals surface area (Å²) in [6, 6.07) is 11.6. The highest BCUT2D eigenvalue weighted by Gasteiger charge is 2.37. The average molecular weight is 386 g/mol. The fraction of sp³-hybridized carbons (Fsp3) is 0.389. The molecular formula is C18H19Cl3N2O. The molecule has 0 aliphatic carbocycles. The normalized spacial score (nSPS) is 24.8. The zero-order valence-corrected chi connectivity index (χ0v) is 15.4. The quantitative estimate of drug-likeness (QED) is 0.731. The Morgan fingerprint density at radius 2 is 1.96 bits per heavy atom. The third-order valence-electron chi connectivity index (χ3n) is 5.11. The van der Waals surface area contributed by atoms with E-state index in [-0.39, 0.29) is 18.0 Å². The maximum atomic E-state index is 12.1. The highest BCUT2D eigenvalue weighted by Crippen LogP contribution is 2.30. The van der Waals surface area contributed by atoms with Crippen LogP contribution in [0.3, 0.4) is 0 Å². The molecule has 1 fully saturated rings. The van der Waals surface area contributed by atoms with E-state index < -0.39 is 0 Å².